The molecule has 154 valence electrons. The van der Waals surface area contributed by atoms with Crippen LogP contribution in [-0.4, -0.2) is 10.1 Å². The zero-order chi connectivity index (χ0) is 21.5. The fourth-order valence-electron chi connectivity index (χ4n) is 4.16. The third-order valence-corrected chi connectivity index (χ3v) is 6.70. The average Bonchev–Trinajstić information content (AvgIpc) is 3.49. The molecule has 0 unspecified atom stereocenters. The summed E-state index contributed by atoms with van der Waals surface area (Å²) in [4.78, 5) is 4.46. The molecule has 0 aliphatic heterocycles. The Morgan fingerprint density at radius 2 is 1.47 bits per heavy atom. The molecule has 0 saturated heterocycles. The number of nitrogens with zero attached hydrogens (tertiary/aromatic N) is 1. The molecule has 1 N–H and O–H groups in total. The van der Waals surface area contributed by atoms with Gasteiger partial charge in [-0.3, -0.25) is 0 Å². The van der Waals surface area contributed by atoms with Crippen LogP contribution >= 0.6 is 11.3 Å². The lowest BCUT2D eigenvalue weighted by atomic mass is 9.97. The SMILES string of the molecule is OCc1csc(-c2ccc(-c3cccc(-c4cccc5c4oc4ccccc45)c3)cc2)n1. The van der Waals surface area contributed by atoms with Crippen molar-refractivity contribution in [1.82, 2.24) is 4.98 Å². The first kappa shape index (κ1) is 19.0. The summed E-state index contributed by atoms with van der Waals surface area (Å²) in [6, 6.07) is 31.5. The maximum atomic E-state index is 9.26. The molecule has 6 rings (SSSR count). The molecule has 0 radical (unpaired) electrons. The fraction of sp³-hybridized carbons (Fsp3) is 0.0357. The van der Waals surface area contributed by atoms with Crippen LogP contribution in [0.1, 0.15) is 5.69 Å². The summed E-state index contributed by atoms with van der Waals surface area (Å²) in [5, 5.41) is 14.4. The minimum absolute atomic E-state index is 0.0284. The highest BCUT2D eigenvalue weighted by Gasteiger charge is 2.12. The van der Waals surface area contributed by atoms with Crippen molar-refractivity contribution in [3.63, 3.8) is 0 Å². The number of para-hydroxylation sites is 2. The summed E-state index contributed by atoms with van der Waals surface area (Å²) in [7, 11) is 0. The summed E-state index contributed by atoms with van der Waals surface area (Å²) in [5.41, 5.74) is 8.12. The van der Waals surface area contributed by atoms with E-state index in [1.165, 1.54) is 0 Å². The highest BCUT2D eigenvalue weighted by molar-refractivity contribution is 7.13. The molecule has 4 heteroatoms. The first-order valence-corrected chi connectivity index (χ1v) is 11.3. The third-order valence-electron chi connectivity index (χ3n) is 5.76. The van der Waals surface area contributed by atoms with Gasteiger partial charge in [0.25, 0.3) is 0 Å². The Kier molecular flexibility index (Phi) is 4.60. The van der Waals surface area contributed by atoms with Crippen LogP contribution in [0.5, 0.6) is 0 Å². The Morgan fingerprint density at radius 3 is 2.31 bits per heavy atom. The highest BCUT2D eigenvalue weighted by Crippen LogP contribution is 2.37. The summed E-state index contributed by atoms with van der Waals surface area (Å²) in [5.74, 6) is 0. The summed E-state index contributed by atoms with van der Waals surface area (Å²) in [6.45, 7) is -0.0284. The van der Waals surface area contributed by atoms with Gasteiger partial charge in [-0.1, -0.05) is 78.9 Å². The summed E-state index contributed by atoms with van der Waals surface area (Å²) in [6.07, 6.45) is 0. The number of thiazole rings is 1. The van der Waals surface area contributed by atoms with Crippen molar-refractivity contribution in [3.05, 3.63) is 102 Å². The Hall–Kier alpha value is -3.73. The molecule has 0 saturated carbocycles. The van der Waals surface area contributed by atoms with Crippen LogP contribution in [0, 0.1) is 0 Å². The maximum absolute atomic E-state index is 9.26. The number of rotatable bonds is 4. The van der Waals surface area contributed by atoms with Gasteiger partial charge in [0.15, 0.2) is 0 Å². The van der Waals surface area contributed by atoms with Crippen LogP contribution in [0.25, 0.3) is 54.8 Å². The first-order chi connectivity index (χ1) is 15.8. The van der Waals surface area contributed by atoms with Gasteiger partial charge in [0.1, 0.15) is 16.2 Å². The van der Waals surface area contributed by atoms with Gasteiger partial charge >= 0.3 is 0 Å². The molecule has 2 heterocycles. The molecule has 2 aromatic heterocycles. The van der Waals surface area contributed by atoms with E-state index in [9.17, 15) is 5.11 Å². The van der Waals surface area contributed by atoms with Crippen LogP contribution in [-0.2, 0) is 6.61 Å². The van der Waals surface area contributed by atoms with E-state index in [1.807, 2.05) is 23.6 Å². The van der Waals surface area contributed by atoms with Gasteiger partial charge in [-0.25, -0.2) is 4.98 Å². The minimum Gasteiger partial charge on any atom is -0.455 e. The smallest absolute Gasteiger partial charge is 0.143 e. The molecule has 3 nitrogen and oxygen atoms in total. The lowest BCUT2D eigenvalue weighted by molar-refractivity contribution is 0.278. The van der Waals surface area contributed by atoms with E-state index in [0.717, 1.165) is 54.8 Å². The van der Waals surface area contributed by atoms with E-state index in [2.05, 4.69) is 77.8 Å². The number of aliphatic hydroxyl groups is 1. The van der Waals surface area contributed by atoms with E-state index in [1.54, 1.807) is 11.3 Å². The van der Waals surface area contributed by atoms with Crippen LogP contribution in [0.4, 0.5) is 0 Å². The van der Waals surface area contributed by atoms with Gasteiger partial charge in [0.2, 0.25) is 0 Å². The zero-order valence-corrected chi connectivity index (χ0v) is 18.0. The topological polar surface area (TPSA) is 46.3 Å². The number of benzene rings is 4. The fourth-order valence-corrected chi connectivity index (χ4v) is 4.98. The van der Waals surface area contributed by atoms with Gasteiger partial charge in [0.05, 0.1) is 12.3 Å². The largest absolute Gasteiger partial charge is 0.455 e. The van der Waals surface area contributed by atoms with Crippen LogP contribution < -0.4 is 0 Å². The van der Waals surface area contributed by atoms with Crippen molar-refractivity contribution in [3.8, 4) is 32.8 Å². The molecule has 0 amide bonds. The molecule has 0 aliphatic carbocycles. The molecule has 6 aromatic rings. The molecule has 0 aliphatic rings. The first-order valence-electron chi connectivity index (χ1n) is 10.5. The highest BCUT2D eigenvalue weighted by atomic mass is 32.1. The van der Waals surface area contributed by atoms with Crippen LogP contribution in [0.3, 0.4) is 0 Å². The third kappa shape index (κ3) is 3.21. The Bertz CT molecular complexity index is 1560. The lowest BCUT2D eigenvalue weighted by Crippen LogP contribution is -1.84. The number of hydrogen-bond donors (Lipinski definition) is 1. The average molecular weight is 434 g/mol. The monoisotopic (exact) mass is 433 g/mol. The molecular formula is C28H19NO2S. The number of aromatic nitrogens is 1. The Balaban J connectivity index is 1.40. The molecule has 0 bridgehead atoms. The van der Waals surface area contributed by atoms with E-state index >= 15 is 0 Å². The summed E-state index contributed by atoms with van der Waals surface area (Å²) >= 11 is 1.55. The second-order valence-electron chi connectivity index (χ2n) is 7.74. The predicted octanol–water partition coefficient (Wildman–Crippen LogP) is 7.54. The van der Waals surface area contributed by atoms with E-state index in [0.29, 0.717) is 5.69 Å². The van der Waals surface area contributed by atoms with Gasteiger partial charge in [-0.15, -0.1) is 11.3 Å². The lowest BCUT2D eigenvalue weighted by Gasteiger charge is -2.07. The standard InChI is InChI=1S/C28H19NO2S/c30-16-22-17-32-28(29-22)19-13-11-18(12-14-19)20-5-3-6-21(15-20)23-8-4-9-25-24-7-1-2-10-26(24)31-27(23)25/h1-15,17,30H,16H2. The summed E-state index contributed by atoms with van der Waals surface area (Å²) < 4.78 is 6.24. The number of furan rings is 1. The zero-order valence-electron chi connectivity index (χ0n) is 17.2. The van der Waals surface area contributed by atoms with E-state index < -0.39 is 0 Å². The van der Waals surface area contributed by atoms with Gasteiger partial charge in [-0.2, -0.15) is 0 Å². The Labute approximate surface area is 189 Å². The number of fused-ring (bicyclic) bond motifs is 3. The molecule has 4 aromatic carbocycles. The molecule has 32 heavy (non-hydrogen) atoms. The van der Waals surface area contributed by atoms with Gasteiger partial charge in [-0.05, 0) is 28.8 Å². The van der Waals surface area contributed by atoms with Crippen molar-refractivity contribution in [2.45, 2.75) is 6.61 Å². The second kappa shape index (κ2) is 7.75. The molecular weight excluding hydrogens is 414 g/mol. The van der Waals surface area contributed by atoms with Crippen molar-refractivity contribution in [2.24, 2.45) is 0 Å². The van der Waals surface area contributed by atoms with Crippen molar-refractivity contribution in [2.75, 3.05) is 0 Å². The number of aliphatic hydroxyl groups excluding tert-OH is 1. The molecule has 0 atom stereocenters. The van der Waals surface area contributed by atoms with Gasteiger partial charge in [0, 0.05) is 27.3 Å². The minimum atomic E-state index is -0.0284. The normalized spacial score (nSPS) is 11.4. The van der Waals surface area contributed by atoms with Crippen molar-refractivity contribution in [1.29, 1.82) is 0 Å². The molecule has 0 fully saturated rings. The van der Waals surface area contributed by atoms with Crippen molar-refractivity contribution < 1.29 is 9.52 Å². The predicted molar refractivity (Wildman–Crippen MR) is 132 cm³/mol. The number of hydrogen-bond acceptors (Lipinski definition) is 4. The quantitative estimate of drug-likeness (QED) is 0.312. The second-order valence-corrected chi connectivity index (χ2v) is 8.60. The van der Waals surface area contributed by atoms with Crippen molar-refractivity contribution >= 4 is 33.3 Å². The maximum Gasteiger partial charge on any atom is 0.143 e. The van der Waals surface area contributed by atoms with Gasteiger partial charge < -0.3 is 9.52 Å². The van der Waals surface area contributed by atoms with E-state index in [-0.39, 0.29) is 6.61 Å². The van der Waals surface area contributed by atoms with E-state index in [4.69, 9.17) is 4.42 Å². The van der Waals surface area contributed by atoms with Crippen LogP contribution in [0.2, 0.25) is 0 Å². The Morgan fingerprint density at radius 1 is 0.719 bits per heavy atom. The van der Waals surface area contributed by atoms with Crippen LogP contribution in [0.15, 0.2) is 101 Å². The molecule has 0 spiro atoms.